The minimum Gasteiger partial charge on any atom is -0.353 e. The summed E-state index contributed by atoms with van der Waals surface area (Å²) in [7, 11) is 3.23. The maximum Gasteiger partial charge on any atom is 0.332 e. The third kappa shape index (κ3) is 3.68. The van der Waals surface area contributed by atoms with Crippen molar-refractivity contribution >= 4 is 17.1 Å². The first-order valence-corrected chi connectivity index (χ1v) is 10.1. The van der Waals surface area contributed by atoms with Crippen molar-refractivity contribution in [1.82, 2.24) is 28.9 Å². The lowest BCUT2D eigenvalue weighted by atomic mass is 10.1. The van der Waals surface area contributed by atoms with Gasteiger partial charge in [0.15, 0.2) is 11.2 Å². The number of aryl methyl sites for hydroxylation is 2. The molecule has 30 heavy (non-hydrogen) atoms. The Hall–Kier alpha value is -3.20. The van der Waals surface area contributed by atoms with E-state index in [9.17, 15) is 14.4 Å². The summed E-state index contributed by atoms with van der Waals surface area (Å²) >= 11 is 0. The van der Waals surface area contributed by atoms with Gasteiger partial charge in [0.1, 0.15) is 6.54 Å². The van der Waals surface area contributed by atoms with E-state index >= 15 is 0 Å². The van der Waals surface area contributed by atoms with Crippen LogP contribution in [0.3, 0.4) is 0 Å². The largest absolute Gasteiger partial charge is 0.353 e. The lowest BCUT2D eigenvalue weighted by Gasteiger charge is -2.28. The molecule has 0 radical (unpaired) electrons. The van der Waals surface area contributed by atoms with Gasteiger partial charge in [-0.05, 0) is 31.5 Å². The highest BCUT2D eigenvalue weighted by molar-refractivity contribution is 5.76. The van der Waals surface area contributed by atoms with E-state index in [0.29, 0.717) is 17.7 Å². The number of amides is 1. The number of hydrogen-bond acceptors (Lipinski definition) is 5. The zero-order chi connectivity index (χ0) is 21.3. The number of benzene rings is 1. The van der Waals surface area contributed by atoms with Gasteiger partial charge in [0, 0.05) is 20.6 Å². The number of likely N-dealkylation sites (tertiary alicyclic amines) is 1. The molecule has 3 aromatic rings. The molecule has 1 N–H and O–H groups in total. The Labute approximate surface area is 173 Å². The monoisotopic (exact) mass is 410 g/mol. The van der Waals surface area contributed by atoms with Crippen molar-refractivity contribution < 1.29 is 4.79 Å². The van der Waals surface area contributed by atoms with Gasteiger partial charge in [0.05, 0.1) is 12.4 Å². The Bertz CT molecular complexity index is 1170. The average molecular weight is 410 g/mol. The molecular formula is C21H26N6O3. The maximum atomic E-state index is 12.8. The number of imidazole rings is 1. The molecule has 158 valence electrons. The maximum absolute atomic E-state index is 12.8. The van der Waals surface area contributed by atoms with Crippen molar-refractivity contribution in [2.75, 3.05) is 19.6 Å². The van der Waals surface area contributed by atoms with Crippen LogP contribution in [0.4, 0.5) is 0 Å². The molecule has 1 unspecified atom stereocenters. The summed E-state index contributed by atoms with van der Waals surface area (Å²) in [6.45, 7) is 2.08. The fourth-order valence-electron chi connectivity index (χ4n) is 4.13. The summed E-state index contributed by atoms with van der Waals surface area (Å²) in [6, 6.07) is 10.1. The molecule has 1 atom stereocenters. The third-order valence-electron chi connectivity index (χ3n) is 5.76. The third-order valence-corrected chi connectivity index (χ3v) is 5.76. The van der Waals surface area contributed by atoms with E-state index < -0.39 is 11.2 Å². The van der Waals surface area contributed by atoms with Crippen LogP contribution in [0.5, 0.6) is 0 Å². The highest BCUT2D eigenvalue weighted by Gasteiger charge is 2.24. The van der Waals surface area contributed by atoms with Crippen molar-refractivity contribution in [3.8, 4) is 0 Å². The summed E-state index contributed by atoms with van der Waals surface area (Å²) in [5, 5.41) is 2.93. The van der Waals surface area contributed by atoms with Crippen LogP contribution in [0.15, 0.2) is 46.2 Å². The summed E-state index contributed by atoms with van der Waals surface area (Å²) < 4.78 is 3.82. The molecule has 1 aromatic carbocycles. The molecule has 4 rings (SSSR count). The first-order valence-electron chi connectivity index (χ1n) is 10.1. The van der Waals surface area contributed by atoms with E-state index in [1.165, 1.54) is 10.9 Å². The van der Waals surface area contributed by atoms with Gasteiger partial charge in [-0.2, -0.15) is 0 Å². The van der Waals surface area contributed by atoms with Gasteiger partial charge in [0.2, 0.25) is 5.91 Å². The van der Waals surface area contributed by atoms with Crippen LogP contribution < -0.4 is 16.6 Å². The number of nitrogens with zero attached hydrogens (tertiary/aromatic N) is 5. The second-order valence-corrected chi connectivity index (χ2v) is 7.73. The zero-order valence-electron chi connectivity index (χ0n) is 17.2. The second kappa shape index (κ2) is 8.27. The number of carbonyl (C=O) groups excluding carboxylic acids is 1. The number of aromatic nitrogens is 4. The number of nitrogens with one attached hydrogen (secondary N) is 1. The number of fused-ring (bicyclic) bond motifs is 1. The van der Waals surface area contributed by atoms with Crippen molar-refractivity contribution in [2.45, 2.75) is 25.4 Å². The van der Waals surface area contributed by atoms with E-state index in [0.717, 1.165) is 36.1 Å². The van der Waals surface area contributed by atoms with E-state index in [1.54, 1.807) is 18.7 Å². The fourth-order valence-corrected chi connectivity index (χ4v) is 4.13. The quantitative estimate of drug-likeness (QED) is 0.634. The van der Waals surface area contributed by atoms with Crippen LogP contribution in [0.25, 0.3) is 11.2 Å². The minimum absolute atomic E-state index is 0.0664. The standard InChI is InChI=1S/C21H26N6O3/c1-24-14-23-19-18(24)20(29)27(21(30)25(19)2)13-17(28)22-12-16(26-10-6-7-11-26)15-8-4-3-5-9-15/h3-5,8-9,14,16H,6-7,10-13H2,1-2H3,(H,22,28). The van der Waals surface area contributed by atoms with Gasteiger partial charge in [-0.25, -0.2) is 14.3 Å². The molecule has 0 spiro atoms. The molecule has 2 aromatic heterocycles. The van der Waals surface area contributed by atoms with Crippen LogP contribution in [0.2, 0.25) is 0 Å². The fraction of sp³-hybridized carbons (Fsp3) is 0.429. The molecule has 0 bridgehead atoms. The minimum atomic E-state index is -0.555. The van der Waals surface area contributed by atoms with E-state index in [1.807, 2.05) is 18.2 Å². The van der Waals surface area contributed by atoms with Gasteiger partial charge in [-0.1, -0.05) is 30.3 Å². The van der Waals surface area contributed by atoms with Crippen LogP contribution >= 0.6 is 0 Å². The van der Waals surface area contributed by atoms with Crippen molar-refractivity contribution in [3.63, 3.8) is 0 Å². The Morgan fingerprint density at radius 1 is 1.13 bits per heavy atom. The highest BCUT2D eigenvalue weighted by Crippen LogP contribution is 2.24. The van der Waals surface area contributed by atoms with Crippen LogP contribution in [-0.4, -0.2) is 49.1 Å². The normalized spacial score (nSPS) is 15.5. The Morgan fingerprint density at radius 2 is 1.83 bits per heavy atom. The molecule has 9 heteroatoms. The van der Waals surface area contributed by atoms with E-state index in [2.05, 4.69) is 27.3 Å². The molecule has 3 heterocycles. The number of hydrogen-bond donors (Lipinski definition) is 1. The predicted molar refractivity (Wildman–Crippen MR) is 113 cm³/mol. The van der Waals surface area contributed by atoms with Gasteiger partial charge >= 0.3 is 5.69 Å². The van der Waals surface area contributed by atoms with Gasteiger partial charge in [0.25, 0.3) is 5.56 Å². The van der Waals surface area contributed by atoms with Gasteiger partial charge in [-0.3, -0.25) is 19.1 Å². The first-order chi connectivity index (χ1) is 14.5. The molecule has 0 saturated carbocycles. The lowest BCUT2D eigenvalue weighted by Crippen LogP contribution is -2.45. The second-order valence-electron chi connectivity index (χ2n) is 7.73. The predicted octanol–water partition coefficient (Wildman–Crippen LogP) is 0.387. The first kappa shape index (κ1) is 20.1. The summed E-state index contributed by atoms with van der Waals surface area (Å²) in [4.78, 5) is 44.5. The molecule has 0 aliphatic carbocycles. The molecular weight excluding hydrogens is 384 g/mol. The van der Waals surface area contributed by atoms with E-state index in [-0.39, 0.29) is 18.5 Å². The molecule has 1 amide bonds. The molecule has 1 aliphatic heterocycles. The van der Waals surface area contributed by atoms with Crippen LogP contribution in [-0.2, 0) is 25.4 Å². The Morgan fingerprint density at radius 3 is 2.53 bits per heavy atom. The van der Waals surface area contributed by atoms with Crippen LogP contribution in [0.1, 0.15) is 24.4 Å². The molecule has 9 nitrogen and oxygen atoms in total. The van der Waals surface area contributed by atoms with Crippen LogP contribution in [0, 0.1) is 0 Å². The van der Waals surface area contributed by atoms with E-state index in [4.69, 9.17) is 0 Å². The number of carbonyl (C=O) groups is 1. The zero-order valence-corrected chi connectivity index (χ0v) is 17.2. The topological polar surface area (TPSA) is 94.2 Å². The Kier molecular flexibility index (Phi) is 5.54. The van der Waals surface area contributed by atoms with Crippen molar-refractivity contribution in [1.29, 1.82) is 0 Å². The van der Waals surface area contributed by atoms with Gasteiger partial charge < -0.3 is 9.88 Å². The van der Waals surface area contributed by atoms with Gasteiger partial charge in [-0.15, -0.1) is 0 Å². The highest BCUT2D eigenvalue weighted by atomic mass is 16.2. The number of rotatable bonds is 6. The van der Waals surface area contributed by atoms with Crippen molar-refractivity contribution in [2.24, 2.45) is 14.1 Å². The Balaban J connectivity index is 1.54. The smallest absolute Gasteiger partial charge is 0.332 e. The lowest BCUT2D eigenvalue weighted by molar-refractivity contribution is -0.122. The van der Waals surface area contributed by atoms with Crippen molar-refractivity contribution in [3.05, 3.63) is 63.1 Å². The molecule has 1 fully saturated rings. The summed E-state index contributed by atoms with van der Waals surface area (Å²) in [5.74, 6) is -0.365. The molecule has 1 aliphatic rings. The average Bonchev–Trinajstić information content (AvgIpc) is 3.41. The summed E-state index contributed by atoms with van der Waals surface area (Å²) in [5.41, 5.74) is 0.679. The SMILES string of the molecule is Cn1cnc2c1c(=O)n(CC(=O)NCC(c1ccccc1)N1CCCC1)c(=O)n2C. The summed E-state index contributed by atoms with van der Waals surface area (Å²) in [6.07, 6.45) is 3.78. The molecule has 1 saturated heterocycles.